The molecule has 0 unspecified atom stereocenters. The molecule has 0 aliphatic carbocycles. The van der Waals surface area contributed by atoms with Crippen LogP contribution in [0.4, 0.5) is 0 Å². The van der Waals surface area contributed by atoms with E-state index < -0.39 is 0 Å². The van der Waals surface area contributed by atoms with Crippen LogP contribution in [0.15, 0.2) is 48.5 Å². The molecule has 0 bridgehead atoms. The van der Waals surface area contributed by atoms with Gasteiger partial charge >= 0.3 is 0 Å². The van der Waals surface area contributed by atoms with E-state index in [4.69, 9.17) is 10.2 Å². The summed E-state index contributed by atoms with van der Waals surface area (Å²) in [7, 11) is 0. The van der Waals surface area contributed by atoms with Crippen molar-refractivity contribution in [2.75, 3.05) is 0 Å². The van der Waals surface area contributed by atoms with Gasteiger partial charge in [-0.25, -0.2) is 0 Å². The molecule has 0 saturated carbocycles. The molecule has 2 nitrogen and oxygen atoms in total. The summed E-state index contributed by atoms with van der Waals surface area (Å²) in [5.41, 5.74) is 2.07. The molecule has 0 aliphatic rings. The van der Waals surface area contributed by atoms with Crippen LogP contribution in [0.1, 0.15) is 11.1 Å². The van der Waals surface area contributed by atoms with Gasteiger partial charge in [0.15, 0.2) is 0 Å². The predicted molar refractivity (Wildman–Crippen MR) is 69.7 cm³/mol. The van der Waals surface area contributed by atoms with Crippen LogP contribution >= 0.6 is 0 Å². The SMILES string of the molecule is [CH2-]Cc1ccc(O)cc1.[CH2-]c1ccc(O)cc1.[Y]. The van der Waals surface area contributed by atoms with Crippen molar-refractivity contribution >= 4 is 0 Å². The second kappa shape index (κ2) is 9.01. The number of benzene rings is 2. The minimum atomic E-state index is 0. The van der Waals surface area contributed by atoms with E-state index in [1.165, 1.54) is 0 Å². The Labute approximate surface area is 134 Å². The van der Waals surface area contributed by atoms with Crippen molar-refractivity contribution in [2.45, 2.75) is 6.42 Å². The van der Waals surface area contributed by atoms with E-state index in [0.29, 0.717) is 5.75 Å². The third-order valence-corrected chi connectivity index (χ3v) is 2.16. The van der Waals surface area contributed by atoms with Crippen molar-refractivity contribution in [3.05, 3.63) is 73.5 Å². The fourth-order valence-corrected chi connectivity index (χ4v) is 1.16. The van der Waals surface area contributed by atoms with Crippen molar-refractivity contribution in [3.8, 4) is 11.5 Å². The molecular weight excluding hydrogens is 301 g/mol. The van der Waals surface area contributed by atoms with Gasteiger partial charge in [0, 0.05) is 32.7 Å². The summed E-state index contributed by atoms with van der Waals surface area (Å²) in [6, 6.07) is 13.8. The van der Waals surface area contributed by atoms with Crippen LogP contribution in [0.25, 0.3) is 0 Å². The summed E-state index contributed by atoms with van der Waals surface area (Å²) in [5.74, 6) is 0.601. The molecule has 0 aliphatic heterocycles. The zero-order valence-corrected chi connectivity index (χ0v) is 13.1. The van der Waals surface area contributed by atoms with Crippen LogP contribution in [0.2, 0.25) is 0 Å². The first-order valence-corrected chi connectivity index (χ1v) is 5.30. The molecule has 2 rings (SSSR count). The monoisotopic (exact) mass is 317 g/mol. The smallest absolute Gasteiger partial charge is 0.115 e. The van der Waals surface area contributed by atoms with Gasteiger partial charge in [-0.15, -0.1) is 0 Å². The van der Waals surface area contributed by atoms with Gasteiger partial charge in [-0.3, -0.25) is 0 Å². The summed E-state index contributed by atoms with van der Waals surface area (Å²) >= 11 is 0. The van der Waals surface area contributed by atoms with E-state index in [1.54, 1.807) is 36.4 Å². The number of phenolic OH excluding ortho intramolecular Hbond substituents is 2. The van der Waals surface area contributed by atoms with Crippen LogP contribution in [0.3, 0.4) is 0 Å². The fraction of sp³-hybridized carbons (Fsp3) is 0.0667. The van der Waals surface area contributed by atoms with Gasteiger partial charge in [0.05, 0.1) is 5.75 Å². The van der Waals surface area contributed by atoms with Crippen molar-refractivity contribution in [1.29, 1.82) is 0 Å². The van der Waals surface area contributed by atoms with E-state index in [1.807, 2.05) is 12.1 Å². The maximum atomic E-state index is 8.83. The van der Waals surface area contributed by atoms with Crippen LogP contribution < -0.4 is 0 Å². The topological polar surface area (TPSA) is 40.5 Å². The molecule has 0 fully saturated rings. The molecule has 2 aromatic carbocycles. The minimum absolute atomic E-state index is 0. The molecule has 1 radical (unpaired) electrons. The van der Waals surface area contributed by atoms with Gasteiger partial charge in [-0.2, -0.15) is 31.0 Å². The zero-order chi connectivity index (χ0) is 12.7. The molecule has 0 saturated heterocycles. The third kappa shape index (κ3) is 6.68. The minimum Gasteiger partial charge on any atom is -0.510 e. The number of aromatic hydroxyl groups is 2. The van der Waals surface area contributed by atoms with Crippen molar-refractivity contribution in [1.82, 2.24) is 0 Å². The van der Waals surface area contributed by atoms with Crippen molar-refractivity contribution < 1.29 is 42.9 Å². The first-order chi connectivity index (χ1) is 8.11. The standard InChI is InChI=1S/C8H9O.C7H7O.Y/c1-2-7-3-5-8(9)6-4-7;1-6-2-4-7(8)5-3-6;/h3-6,9H,1-2H2;2-5,8H,1H2;/q2*-1;. The molecule has 3 heteroatoms. The molecule has 18 heavy (non-hydrogen) atoms. The van der Waals surface area contributed by atoms with Crippen LogP contribution in [-0.2, 0) is 39.1 Å². The van der Waals surface area contributed by atoms with Gasteiger partial charge < -0.3 is 17.1 Å². The summed E-state index contributed by atoms with van der Waals surface area (Å²) in [6.45, 7) is 7.35. The van der Waals surface area contributed by atoms with Crippen LogP contribution in [-0.4, -0.2) is 10.2 Å². The molecule has 0 aromatic heterocycles. The molecule has 93 valence electrons. The molecule has 0 amide bonds. The van der Waals surface area contributed by atoms with Crippen LogP contribution in [0, 0.1) is 13.8 Å². The first-order valence-electron chi connectivity index (χ1n) is 5.30. The Bertz CT molecular complexity index is 414. The maximum absolute atomic E-state index is 8.83. The Morgan fingerprint density at radius 2 is 1.17 bits per heavy atom. The molecule has 0 heterocycles. The second-order valence-corrected chi connectivity index (χ2v) is 3.58. The summed E-state index contributed by atoms with van der Waals surface area (Å²) in [6.07, 6.45) is 0.778. The van der Waals surface area contributed by atoms with E-state index in [0.717, 1.165) is 17.5 Å². The van der Waals surface area contributed by atoms with Crippen LogP contribution in [0.5, 0.6) is 11.5 Å². The van der Waals surface area contributed by atoms with E-state index in [2.05, 4.69) is 13.8 Å². The molecular formula is C15H16O2Y-2. The number of phenols is 2. The normalized spacial score (nSPS) is 8.72. The van der Waals surface area contributed by atoms with Gasteiger partial charge in [0.1, 0.15) is 5.75 Å². The summed E-state index contributed by atoms with van der Waals surface area (Å²) in [4.78, 5) is 0. The summed E-state index contributed by atoms with van der Waals surface area (Å²) in [5, 5.41) is 17.6. The number of rotatable bonds is 1. The van der Waals surface area contributed by atoms with Gasteiger partial charge in [0.2, 0.25) is 0 Å². The Hall–Kier alpha value is -0.986. The third-order valence-electron chi connectivity index (χ3n) is 2.16. The van der Waals surface area contributed by atoms with Crippen molar-refractivity contribution in [2.24, 2.45) is 0 Å². The summed E-state index contributed by atoms with van der Waals surface area (Å²) < 4.78 is 0. The van der Waals surface area contributed by atoms with E-state index in [-0.39, 0.29) is 38.5 Å². The van der Waals surface area contributed by atoms with Gasteiger partial charge in [-0.1, -0.05) is 29.8 Å². The Morgan fingerprint density at radius 3 is 1.50 bits per heavy atom. The number of hydrogen-bond donors (Lipinski definition) is 2. The average Bonchev–Trinajstić information content (AvgIpc) is 2.35. The molecule has 0 spiro atoms. The Kier molecular flexibility index (Phi) is 8.52. The fourth-order valence-electron chi connectivity index (χ4n) is 1.16. The number of hydrogen-bond acceptors (Lipinski definition) is 2. The Morgan fingerprint density at radius 1 is 0.778 bits per heavy atom. The first kappa shape index (κ1) is 17.0. The van der Waals surface area contributed by atoms with Gasteiger partial charge in [0.25, 0.3) is 0 Å². The second-order valence-electron chi connectivity index (χ2n) is 3.58. The van der Waals surface area contributed by atoms with Gasteiger partial charge in [-0.05, 0) is 12.1 Å². The average molecular weight is 317 g/mol. The largest absolute Gasteiger partial charge is 0.510 e. The predicted octanol–water partition coefficient (Wildman–Crippen LogP) is 3.34. The van der Waals surface area contributed by atoms with E-state index >= 15 is 0 Å². The zero-order valence-electron chi connectivity index (χ0n) is 10.2. The van der Waals surface area contributed by atoms with Crippen molar-refractivity contribution in [3.63, 3.8) is 0 Å². The molecule has 2 aromatic rings. The molecule has 0 atom stereocenters. The maximum Gasteiger partial charge on any atom is 0.115 e. The molecule has 2 N–H and O–H groups in total. The Balaban J connectivity index is 0.000000306. The quantitative estimate of drug-likeness (QED) is 0.792. The van der Waals surface area contributed by atoms with E-state index in [9.17, 15) is 0 Å².